The van der Waals surface area contributed by atoms with Crippen LogP contribution in [0.25, 0.3) is 32.5 Å². The predicted octanol–water partition coefficient (Wildman–Crippen LogP) is 4.11. The molecule has 11 heteroatoms. The van der Waals surface area contributed by atoms with E-state index in [-0.39, 0.29) is 11.7 Å². The SMILES string of the molecule is CC(C)CC(=O)CCC(=O)N1CCN(Cc2cc3nc(-c4cccc5[nH]ncc45)nc(N4CCOCC4)c3s2)CC1. The molecular formula is C30H37N7O3S. The molecule has 1 N–H and O–H groups in total. The van der Waals surface area contributed by atoms with Crippen molar-refractivity contribution in [2.45, 2.75) is 39.7 Å². The lowest BCUT2D eigenvalue weighted by atomic mass is 10.0. The lowest BCUT2D eigenvalue weighted by Gasteiger charge is -2.34. The van der Waals surface area contributed by atoms with Crippen LogP contribution >= 0.6 is 11.3 Å². The molecular weight excluding hydrogens is 538 g/mol. The number of H-pyrrole nitrogens is 1. The monoisotopic (exact) mass is 575 g/mol. The third-order valence-corrected chi connectivity index (χ3v) is 8.90. The first-order valence-electron chi connectivity index (χ1n) is 14.5. The Labute approximate surface area is 243 Å². The molecule has 0 bridgehead atoms. The van der Waals surface area contributed by atoms with Gasteiger partial charge in [0, 0.05) is 80.9 Å². The van der Waals surface area contributed by atoms with Gasteiger partial charge in [0.05, 0.1) is 35.1 Å². The number of nitrogens with zero attached hydrogens (tertiary/aromatic N) is 6. The van der Waals surface area contributed by atoms with E-state index in [0.29, 0.717) is 57.3 Å². The predicted molar refractivity (Wildman–Crippen MR) is 161 cm³/mol. The highest BCUT2D eigenvalue weighted by Crippen LogP contribution is 2.36. The quantitative estimate of drug-likeness (QED) is 0.318. The number of piperazine rings is 1. The Kier molecular flexibility index (Phi) is 8.27. The highest BCUT2D eigenvalue weighted by molar-refractivity contribution is 7.19. The number of benzene rings is 1. The summed E-state index contributed by atoms with van der Waals surface area (Å²) in [6.07, 6.45) is 3.05. The number of carbonyl (C=O) groups excluding carboxylic acids is 2. The third kappa shape index (κ3) is 6.27. The summed E-state index contributed by atoms with van der Waals surface area (Å²) >= 11 is 1.76. The molecule has 41 heavy (non-hydrogen) atoms. The van der Waals surface area contributed by atoms with Crippen LogP contribution in [0.5, 0.6) is 0 Å². The normalized spacial score (nSPS) is 16.8. The number of carbonyl (C=O) groups is 2. The van der Waals surface area contributed by atoms with Gasteiger partial charge in [0.2, 0.25) is 5.91 Å². The molecule has 2 aliphatic rings. The Balaban J connectivity index is 1.18. The number of aromatic amines is 1. The van der Waals surface area contributed by atoms with Crippen LogP contribution in [-0.4, -0.2) is 94.1 Å². The van der Waals surface area contributed by atoms with Crippen molar-refractivity contribution in [2.75, 3.05) is 57.4 Å². The zero-order valence-corrected chi connectivity index (χ0v) is 24.6. The summed E-state index contributed by atoms with van der Waals surface area (Å²) in [5, 5.41) is 8.28. The molecule has 0 atom stereocenters. The van der Waals surface area contributed by atoms with Gasteiger partial charge < -0.3 is 14.5 Å². The van der Waals surface area contributed by atoms with Crippen molar-refractivity contribution in [2.24, 2.45) is 5.92 Å². The van der Waals surface area contributed by atoms with Crippen LogP contribution in [0.15, 0.2) is 30.5 Å². The Bertz CT molecular complexity index is 1530. The van der Waals surface area contributed by atoms with Crippen molar-refractivity contribution in [1.29, 1.82) is 0 Å². The van der Waals surface area contributed by atoms with Crippen LogP contribution in [0.2, 0.25) is 0 Å². The fourth-order valence-corrected chi connectivity index (χ4v) is 6.81. The number of thiophene rings is 1. The van der Waals surface area contributed by atoms with Gasteiger partial charge in [-0.25, -0.2) is 9.97 Å². The second-order valence-electron chi connectivity index (χ2n) is 11.3. The van der Waals surface area contributed by atoms with Crippen LogP contribution in [0.1, 0.15) is 38.0 Å². The van der Waals surface area contributed by atoms with Crippen molar-refractivity contribution < 1.29 is 14.3 Å². The Morgan fingerprint density at radius 3 is 2.63 bits per heavy atom. The number of Topliss-reactive ketones (excluding diaryl/α,β-unsaturated/α-hetero) is 1. The molecule has 0 radical (unpaired) electrons. The average Bonchev–Trinajstić information content (AvgIpc) is 3.62. The number of amides is 1. The van der Waals surface area contributed by atoms with Gasteiger partial charge in [-0.05, 0) is 18.1 Å². The van der Waals surface area contributed by atoms with E-state index in [1.807, 2.05) is 37.1 Å². The van der Waals surface area contributed by atoms with E-state index in [0.717, 1.165) is 65.2 Å². The number of hydrogen-bond acceptors (Lipinski definition) is 9. The van der Waals surface area contributed by atoms with Gasteiger partial charge in [-0.2, -0.15) is 5.10 Å². The van der Waals surface area contributed by atoms with Gasteiger partial charge in [-0.15, -0.1) is 11.3 Å². The van der Waals surface area contributed by atoms with Crippen molar-refractivity contribution in [3.8, 4) is 11.4 Å². The van der Waals surface area contributed by atoms with Crippen LogP contribution in [0.4, 0.5) is 5.82 Å². The number of rotatable bonds is 9. The summed E-state index contributed by atoms with van der Waals surface area (Å²) in [7, 11) is 0. The minimum atomic E-state index is 0.0919. The minimum absolute atomic E-state index is 0.0919. The third-order valence-electron chi connectivity index (χ3n) is 7.80. The molecule has 2 aliphatic heterocycles. The molecule has 6 rings (SSSR count). The first-order chi connectivity index (χ1) is 19.9. The first-order valence-corrected chi connectivity index (χ1v) is 15.3. The molecule has 10 nitrogen and oxygen atoms in total. The van der Waals surface area contributed by atoms with E-state index in [9.17, 15) is 9.59 Å². The highest BCUT2D eigenvalue weighted by Gasteiger charge is 2.24. The fourth-order valence-electron chi connectivity index (χ4n) is 5.65. The van der Waals surface area contributed by atoms with Crippen LogP contribution < -0.4 is 4.90 Å². The van der Waals surface area contributed by atoms with Gasteiger partial charge in [-0.1, -0.05) is 26.0 Å². The topological polar surface area (TPSA) is 108 Å². The molecule has 3 aromatic heterocycles. The Morgan fingerprint density at radius 1 is 1.05 bits per heavy atom. The largest absolute Gasteiger partial charge is 0.378 e. The van der Waals surface area contributed by atoms with Crippen LogP contribution in [0.3, 0.4) is 0 Å². The van der Waals surface area contributed by atoms with Gasteiger partial charge in [-0.3, -0.25) is 19.6 Å². The number of hydrogen-bond donors (Lipinski definition) is 1. The van der Waals surface area contributed by atoms with E-state index in [1.54, 1.807) is 11.3 Å². The number of morpholine rings is 1. The van der Waals surface area contributed by atoms with E-state index >= 15 is 0 Å². The van der Waals surface area contributed by atoms with Crippen molar-refractivity contribution in [3.63, 3.8) is 0 Å². The Morgan fingerprint density at radius 2 is 1.85 bits per heavy atom. The average molecular weight is 576 g/mol. The minimum Gasteiger partial charge on any atom is -0.378 e. The van der Waals surface area contributed by atoms with Crippen molar-refractivity contribution in [3.05, 3.63) is 35.3 Å². The zero-order valence-electron chi connectivity index (χ0n) is 23.8. The van der Waals surface area contributed by atoms with E-state index in [2.05, 4.69) is 32.1 Å². The van der Waals surface area contributed by atoms with Gasteiger partial charge in [0.25, 0.3) is 0 Å². The molecule has 2 fully saturated rings. The standard InChI is InChI=1S/C30H37N7O3S/c1-20(2)16-21(38)6-7-27(39)36-10-8-35(9-11-36)19-22-17-26-28(41-22)30(37-12-14-40-15-13-37)33-29(32-26)23-4-3-5-25-24(23)18-31-34-25/h3-5,17-18,20H,6-16,19H2,1-2H3,(H,31,34). The summed E-state index contributed by atoms with van der Waals surface area (Å²) < 4.78 is 6.72. The number of ketones is 1. The molecule has 0 saturated carbocycles. The second kappa shape index (κ2) is 12.2. The summed E-state index contributed by atoms with van der Waals surface area (Å²) in [4.78, 5) is 42.7. The summed E-state index contributed by atoms with van der Waals surface area (Å²) in [5.41, 5.74) is 2.88. The van der Waals surface area contributed by atoms with Gasteiger partial charge in [0.1, 0.15) is 5.78 Å². The maximum atomic E-state index is 12.7. The number of anilines is 1. The van der Waals surface area contributed by atoms with Crippen LogP contribution in [-0.2, 0) is 20.9 Å². The molecule has 1 amide bonds. The van der Waals surface area contributed by atoms with Crippen LogP contribution in [0, 0.1) is 5.92 Å². The molecule has 4 aromatic rings. The number of fused-ring (bicyclic) bond motifs is 2. The maximum absolute atomic E-state index is 12.7. The van der Waals surface area contributed by atoms with Crippen molar-refractivity contribution >= 4 is 50.0 Å². The highest BCUT2D eigenvalue weighted by atomic mass is 32.1. The second-order valence-corrected chi connectivity index (χ2v) is 12.5. The lowest BCUT2D eigenvalue weighted by Crippen LogP contribution is -2.48. The molecule has 0 spiro atoms. The Hall–Kier alpha value is -3.41. The first kappa shape index (κ1) is 27.7. The smallest absolute Gasteiger partial charge is 0.223 e. The summed E-state index contributed by atoms with van der Waals surface area (Å²) in [6, 6.07) is 8.26. The molecule has 0 aliphatic carbocycles. The summed E-state index contributed by atoms with van der Waals surface area (Å²) in [6.45, 7) is 10.9. The molecule has 2 saturated heterocycles. The van der Waals surface area contributed by atoms with Gasteiger partial charge >= 0.3 is 0 Å². The fraction of sp³-hybridized carbons (Fsp3) is 0.500. The molecule has 5 heterocycles. The van der Waals surface area contributed by atoms with Crippen molar-refractivity contribution in [1.82, 2.24) is 30.0 Å². The van der Waals surface area contributed by atoms with E-state index < -0.39 is 0 Å². The lowest BCUT2D eigenvalue weighted by molar-refractivity contribution is -0.135. The summed E-state index contributed by atoms with van der Waals surface area (Å²) in [5.74, 6) is 2.28. The molecule has 0 unspecified atom stereocenters. The van der Waals surface area contributed by atoms with E-state index in [4.69, 9.17) is 14.7 Å². The van der Waals surface area contributed by atoms with Gasteiger partial charge in [0.15, 0.2) is 11.6 Å². The maximum Gasteiger partial charge on any atom is 0.223 e. The van der Waals surface area contributed by atoms with E-state index in [1.165, 1.54) is 4.88 Å². The molecule has 1 aromatic carbocycles. The molecule has 216 valence electrons. The zero-order chi connectivity index (χ0) is 28.3. The number of nitrogens with one attached hydrogen (secondary N) is 1. The number of ether oxygens (including phenoxy) is 1. The number of aromatic nitrogens is 4.